The predicted molar refractivity (Wildman–Crippen MR) is 103 cm³/mol. The standard InChI is InChI=1S/C18H19FN6O5/c1-10(30-12-6-4-11(19)5-7-12)16(27)22-21-13(26)8-25-17(28)14-15(20-9-23(14)2)24(3)18(25)29/h4-7,9-10H,8H2,1-3H3,(H,21,26)(H,22,27). The zero-order valence-electron chi connectivity index (χ0n) is 16.4. The van der Waals surface area contributed by atoms with Gasteiger partial charge in [0.2, 0.25) is 0 Å². The van der Waals surface area contributed by atoms with Crippen LogP contribution in [0.4, 0.5) is 4.39 Å². The second-order valence-electron chi connectivity index (χ2n) is 6.51. The number of carbonyl (C=O) groups excluding carboxylic acids is 2. The highest BCUT2D eigenvalue weighted by molar-refractivity contribution is 5.84. The van der Waals surface area contributed by atoms with Crippen molar-refractivity contribution in [1.29, 1.82) is 0 Å². The molecule has 1 aromatic carbocycles. The minimum Gasteiger partial charge on any atom is -0.481 e. The third-order valence-corrected chi connectivity index (χ3v) is 4.32. The number of benzene rings is 1. The Morgan fingerprint density at radius 1 is 1.17 bits per heavy atom. The van der Waals surface area contributed by atoms with Crippen LogP contribution < -0.4 is 26.8 Å². The molecule has 0 saturated heterocycles. The van der Waals surface area contributed by atoms with Crippen molar-refractivity contribution < 1.29 is 18.7 Å². The Balaban J connectivity index is 1.65. The fourth-order valence-corrected chi connectivity index (χ4v) is 2.72. The van der Waals surface area contributed by atoms with Gasteiger partial charge in [0.05, 0.1) is 6.33 Å². The molecule has 2 amide bonds. The number of imidazole rings is 1. The van der Waals surface area contributed by atoms with Crippen molar-refractivity contribution in [2.24, 2.45) is 14.1 Å². The molecule has 0 saturated carbocycles. The molecule has 1 atom stereocenters. The number of rotatable bonds is 5. The van der Waals surface area contributed by atoms with Crippen molar-refractivity contribution in [3.8, 4) is 5.75 Å². The molecule has 12 heteroatoms. The molecule has 0 aliphatic heterocycles. The van der Waals surface area contributed by atoms with Gasteiger partial charge >= 0.3 is 5.69 Å². The van der Waals surface area contributed by atoms with E-state index in [9.17, 15) is 23.6 Å². The van der Waals surface area contributed by atoms with Gasteiger partial charge in [0, 0.05) is 14.1 Å². The first kappa shape index (κ1) is 20.8. The van der Waals surface area contributed by atoms with E-state index < -0.39 is 41.5 Å². The lowest BCUT2D eigenvalue weighted by Crippen LogP contribution is -2.50. The van der Waals surface area contributed by atoms with Crippen LogP contribution in [0.25, 0.3) is 11.2 Å². The molecular weight excluding hydrogens is 399 g/mol. The van der Waals surface area contributed by atoms with E-state index in [-0.39, 0.29) is 16.9 Å². The summed E-state index contributed by atoms with van der Waals surface area (Å²) in [5.41, 5.74) is 3.24. The Bertz CT molecular complexity index is 1230. The van der Waals surface area contributed by atoms with Gasteiger partial charge in [-0.2, -0.15) is 0 Å². The molecule has 3 rings (SSSR count). The predicted octanol–water partition coefficient (Wildman–Crippen LogP) is -0.812. The first-order valence-corrected chi connectivity index (χ1v) is 8.80. The van der Waals surface area contributed by atoms with Crippen molar-refractivity contribution in [2.45, 2.75) is 19.6 Å². The number of hydrazine groups is 1. The second kappa shape index (κ2) is 8.19. The Morgan fingerprint density at radius 3 is 2.50 bits per heavy atom. The second-order valence-corrected chi connectivity index (χ2v) is 6.51. The fraction of sp³-hybridized carbons (Fsp3) is 0.278. The number of nitrogens with zero attached hydrogens (tertiary/aromatic N) is 4. The van der Waals surface area contributed by atoms with E-state index in [1.165, 1.54) is 49.1 Å². The maximum absolute atomic E-state index is 12.9. The first-order valence-electron chi connectivity index (χ1n) is 8.80. The van der Waals surface area contributed by atoms with Crippen LogP contribution in [0.15, 0.2) is 40.2 Å². The maximum Gasteiger partial charge on any atom is 0.332 e. The van der Waals surface area contributed by atoms with Crippen LogP contribution in [0, 0.1) is 5.82 Å². The zero-order valence-corrected chi connectivity index (χ0v) is 16.4. The van der Waals surface area contributed by atoms with Crippen LogP contribution in [0.3, 0.4) is 0 Å². The molecule has 0 radical (unpaired) electrons. The van der Waals surface area contributed by atoms with E-state index in [0.29, 0.717) is 0 Å². The van der Waals surface area contributed by atoms with Crippen LogP contribution >= 0.6 is 0 Å². The van der Waals surface area contributed by atoms with Gasteiger partial charge < -0.3 is 9.30 Å². The molecule has 3 aromatic rings. The van der Waals surface area contributed by atoms with Crippen molar-refractivity contribution in [3.05, 3.63) is 57.2 Å². The largest absolute Gasteiger partial charge is 0.481 e. The molecule has 2 N–H and O–H groups in total. The molecule has 0 fully saturated rings. The molecule has 1 unspecified atom stereocenters. The summed E-state index contributed by atoms with van der Waals surface area (Å²) in [6, 6.07) is 5.07. The zero-order chi connectivity index (χ0) is 22.0. The Hall–Kier alpha value is -3.96. The van der Waals surface area contributed by atoms with E-state index in [0.717, 1.165) is 9.13 Å². The van der Waals surface area contributed by atoms with Gasteiger partial charge in [-0.05, 0) is 31.2 Å². The summed E-state index contributed by atoms with van der Waals surface area (Å²) in [6.45, 7) is 0.821. The van der Waals surface area contributed by atoms with Gasteiger partial charge in [-0.25, -0.2) is 18.7 Å². The quantitative estimate of drug-likeness (QED) is 0.522. The number of ether oxygens (including phenoxy) is 1. The highest BCUT2D eigenvalue weighted by Crippen LogP contribution is 2.12. The maximum atomic E-state index is 12.9. The van der Waals surface area contributed by atoms with Crippen LogP contribution in [0.1, 0.15) is 6.92 Å². The van der Waals surface area contributed by atoms with E-state index in [1.807, 2.05) is 0 Å². The number of aryl methyl sites for hydroxylation is 2. The number of aromatic nitrogens is 4. The van der Waals surface area contributed by atoms with E-state index in [4.69, 9.17) is 4.74 Å². The summed E-state index contributed by atoms with van der Waals surface area (Å²) in [7, 11) is 3.02. The van der Waals surface area contributed by atoms with Crippen LogP contribution in [0.2, 0.25) is 0 Å². The van der Waals surface area contributed by atoms with Gasteiger partial charge in [0.25, 0.3) is 17.4 Å². The van der Waals surface area contributed by atoms with Crippen LogP contribution in [0.5, 0.6) is 5.75 Å². The van der Waals surface area contributed by atoms with Gasteiger partial charge in [-0.1, -0.05) is 0 Å². The topological polar surface area (TPSA) is 129 Å². The Labute approximate surface area is 168 Å². The molecule has 2 aromatic heterocycles. The molecule has 2 heterocycles. The number of nitrogens with one attached hydrogen (secondary N) is 2. The van der Waals surface area contributed by atoms with Crippen molar-refractivity contribution in [1.82, 2.24) is 29.5 Å². The minimum atomic E-state index is -1.00. The number of fused-ring (bicyclic) bond motifs is 1. The smallest absolute Gasteiger partial charge is 0.332 e. The number of amides is 2. The molecule has 30 heavy (non-hydrogen) atoms. The average Bonchev–Trinajstić information content (AvgIpc) is 3.11. The summed E-state index contributed by atoms with van der Waals surface area (Å²) in [5.74, 6) is -1.66. The number of carbonyl (C=O) groups is 2. The van der Waals surface area contributed by atoms with Crippen molar-refractivity contribution in [2.75, 3.05) is 0 Å². The van der Waals surface area contributed by atoms with E-state index >= 15 is 0 Å². The number of hydrogen-bond acceptors (Lipinski definition) is 6. The molecule has 0 bridgehead atoms. The molecular formula is C18H19FN6O5. The van der Waals surface area contributed by atoms with Crippen LogP contribution in [-0.2, 0) is 30.2 Å². The first-order chi connectivity index (χ1) is 14.2. The third-order valence-electron chi connectivity index (χ3n) is 4.32. The summed E-state index contributed by atoms with van der Waals surface area (Å²) in [6.07, 6.45) is 0.385. The summed E-state index contributed by atoms with van der Waals surface area (Å²) in [4.78, 5) is 53.2. The lowest BCUT2D eigenvalue weighted by Gasteiger charge is -2.15. The fourth-order valence-electron chi connectivity index (χ4n) is 2.72. The minimum absolute atomic E-state index is 0.162. The SMILES string of the molecule is CC(Oc1ccc(F)cc1)C(=O)NNC(=O)Cn1c(=O)c2c(ncn2C)n(C)c1=O. The van der Waals surface area contributed by atoms with E-state index in [1.54, 1.807) is 7.05 Å². The van der Waals surface area contributed by atoms with Crippen LogP contribution in [-0.4, -0.2) is 36.6 Å². The van der Waals surface area contributed by atoms with Crippen molar-refractivity contribution >= 4 is 23.0 Å². The summed E-state index contributed by atoms with van der Waals surface area (Å²) < 4.78 is 21.6. The lowest BCUT2D eigenvalue weighted by atomic mass is 10.3. The Kier molecular flexibility index (Phi) is 5.67. The van der Waals surface area contributed by atoms with Gasteiger partial charge in [-0.15, -0.1) is 0 Å². The highest BCUT2D eigenvalue weighted by Gasteiger charge is 2.19. The van der Waals surface area contributed by atoms with E-state index in [2.05, 4.69) is 15.8 Å². The van der Waals surface area contributed by atoms with Gasteiger partial charge in [-0.3, -0.25) is 29.8 Å². The van der Waals surface area contributed by atoms with Gasteiger partial charge in [0.15, 0.2) is 17.3 Å². The average molecular weight is 418 g/mol. The monoisotopic (exact) mass is 418 g/mol. The lowest BCUT2D eigenvalue weighted by molar-refractivity contribution is -0.133. The molecule has 158 valence electrons. The van der Waals surface area contributed by atoms with Gasteiger partial charge in [0.1, 0.15) is 18.1 Å². The normalized spacial score (nSPS) is 11.9. The molecule has 0 aliphatic rings. The van der Waals surface area contributed by atoms with Crippen molar-refractivity contribution in [3.63, 3.8) is 0 Å². The highest BCUT2D eigenvalue weighted by atomic mass is 19.1. The third kappa shape index (κ3) is 4.06. The molecule has 11 nitrogen and oxygen atoms in total. The number of halogens is 1. The molecule has 0 aliphatic carbocycles. The summed E-state index contributed by atoms with van der Waals surface area (Å²) >= 11 is 0. The number of hydrogen-bond donors (Lipinski definition) is 2. The molecule has 0 spiro atoms. The Morgan fingerprint density at radius 2 is 1.83 bits per heavy atom. The summed E-state index contributed by atoms with van der Waals surface area (Å²) in [5, 5.41) is 0.